The third kappa shape index (κ3) is 2.79. The third-order valence-corrected chi connectivity index (χ3v) is 3.38. The van der Waals surface area contributed by atoms with Gasteiger partial charge in [-0.1, -0.05) is 12.1 Å². The molecular formula is C16H15FN2O. The quantitative estimate of drug-likeness (QED) is 0.900. The summed E-state index contributed by atoms with van der Waals surface area (Å²) in [4.78, 5) is 11.9. The topological polar surface area (TPSA) is 41.1 Å². The van der Waals surface area contributed by atoms with Gasteiger partial charge >= 0.3 is 0 Å². The van der Waals surface area contributed by atoms with E-state index in [4.69, 9.17) is 0 Å². The lowest BCUT2D eigenvalue weighted by Gasteiger charge is -2.07. The predicted molar refractivity (Wildman–Crippen MR) is 77.4 cm³/mol. The van der Waals surface area contributed by atoms with E-state index in [1.165, 1.54) is 17.7 Å². The van der Waals surface area contributed by atoms with E-state index in [1.54, 1.807) is 12.1 Å². The standard InChI is InChI=1S/C16H15FN2O/c17-13-3-1-11(2-4-13)9-16(20)19-14-5-6-15-12(10-14)7-8-18-15/h1-6,10,18H,7-9H2,(H,19,20). The lowest BCUT2D eigenvalue weighted by atomic mass is 10.1. The fourth-order valence-electron chi connectivity index (χ4n) is 2.38. The Morgan fingerprint density at radius 3 is 2.80 bits per heavy atom. The Bertz CT molecular complexity index is 637. The van der Waals surface area contributed by atoms with E-state index in [2.05, 4.69) is 10.6 Å². The van der Waals surface area contributed by atoms with Gasteiger partial charge in [-0.2, -0.15) is 0 Å². The molecule has 3 rings (SSSR count). The smallest absolute Gasteiger partial charge is 0.228 e. The van der Waals surface area contributed by atoms with Crippen molar-refractivity contribution in [3.05, 3.63) is 59.4 Å². The molecule has 0 fully saturated rings. The highest BCUT2D eigenvalue weighted by molar-refractivity contribution is 5.92. The van der Waals surface area contributed by atoms with Gasteiger partial charge in [-0.15, -0.1) is 0 Å². The molecule has 2 N–H and O–H groups in total. The number of amides is 1. The predicted octanol–water partition coefficient (Wildman–Crippen LogP) is 2.97. The molecule has 0 atom stereocenters. The van der Waals surface area contributed by atoms with Crippen molar-refractivity contribution >= 4 is 17.3 Å². The number of halogens is 1. The number of rotatable bonds is 3. The molecule has 0 unspecified atom stereocenters. The summed E-state index contributed by atoms with van der Waals surface area (Å²) in [5.74, 6) is -0.386. The summed E-state index contributed by atoms with van der Waals surface area (Å²) in [5.41, 5.74) is 3.97. The highest BCUT2D eigenvalue weighted by Gasteiger charge is 2.11. The van der Waals surface area contributed by atoms with E-state index in [-0.39, 0.29) is 18.1 Å². The van der Waals surface area contributed by atoms with E-state index in [0.29, 0.717) is 0 Å². The first-order valence-electron chi connectivity index (χ1n) is 6.62. The van der Waals surface area contributed by atoms with Gasteiger partial charge in [-0.25, -0.2) is 4.39 Å². The zero-order chi connectivity index (χ0) is 13.9. The van der Waals surface area contributed by atoms with E-state index in [0.717, 1.165) is 29.9 Å². The number of hydrogen-bond acceptors (Lipinski definition) is 2. The van der Waals surface area contributed by atoms with E-state index in [1.807, 2.05) is 18.2 Å². The van der Waals surface area contributed by atoms with E-state index < -0.39 is 0 Å². The zero-order valence-corrected chi connectivity index (χ0v) is 10.9. The Labute approximate surface area is 116 Å². The molecule has 0 bridgehead atoms. The highest BCUT2D eigenvalue weighted by Crippen LogP contribution is 2.25. The first-order valence-corrected chi connectivity index (χ1v) is 6.62. The van der Waals surface area contributed by atoms with Gasteiger partial charge in [0.05, 0.1) is 6.42 Å². The first-order chi connectivity index (χ1) is 9.70. The molecule has 4 heteroatoms. The molecule has 1 heterocycles. The van der Waals surface area contributed by atoms with Gasteiger partial charge in [0.25, 0.3) is 0 Å². The minimum Gasteiger partial charge on any atom is -0.384 e. The van der Waals surface area contributed by atoms with Crippen LogP contribution in [0.15, 0.2) is 42.5 Å². The Balaban J connectivity index is 1.65. The lowest BCUT2D eigenvalue weighted by Crippen LogP contribution is -2.14. The molecule has 3 nitrogen and oxygen atoms in total. The van der Waals surface area contributed by atoms with E-state index >= 15 is 0 Å². The number of fused-ring (bicyclic) bond motifs is 1. The van der Waals surface area contributed by atoms with Crippen molar-refractivity contribution in [2.75, 3.05) is 17.2 Å². The number of benzene rings is 2. The van der Waals surface area contributed by atoms with E-state index in [9.17, 15) is 9.18 Å². The van der Waals surface area contributed by atoms with Crippen LogP contribution in [0.4, 0.5) is 15.8 Å². The fraction of sp³-hybridized carbons (Fsp3) is 0.188. The summed E-state index contributed by atoms with van der Waals surface area (Å²) in [6.45, 7) is 0.947. The molecule has 20 heavy (non-hydrogen) atoms. The molecule has 0 saturated carbocycles. The Hall–Kier alpha value is -2.36. The Morgan fingerprint density at radius 2 is 2.00 bits per heavy atom. The SMILES string of the molecule is O=C(Cc1ccc(F)cc1)Nc1ccc2c(c1)CCN2. The Morgan fingerprint density at radius 1 is 1.20 bits per heavy atom. The molecule has 0 aliphatic carbocycles. The molecule has 1 aliphatic heterocycles. The average Bonchev–Trinajstić information content (AvgIpc) is 2.89. The molecule has 1 amide bonds. The summed E-state index contributed by atoms with van der Waals surface area (Å²) in [6, 6.07) is 11.9. The van der Waals surface area contributed by atoms with Crippen LogP contribution in [0.1, 0.15) is 11.1 Å². The summed E-state index contributed by atoms with van der Waals surface area (Å²) < 4.78 is 12.8. The molecule has 0 saturated heterocycles. The van der Waals surface area contributed by atoms with Gasteiger partial charge in [0.15, 0.2) is 0 Å². The van der Waals surface area contributed by atoms with Crippen LogP contribution < -0.4 is 10.6 Å². The van der Waals surface area contributed by atoms with Gasteiger partial charge in [-0.3, -0.25) is 4.79 Å². The van der Waals surface area contributed by atoms with Crippen LogP contribution in [-0.4, -0.2) is 12.5 Å². The van der Waals surface area contributed by atoms with Gasteiger partial charge < -0.3 is 10.6 Å². The lowest BCUT2D eigenvalue weighted by molar-refractivity contribution is -0.115. The van der Waals surface area contributed by atoms with Crippen LogP contribution in [0.3, 0.4) is 0 Å². The van der Waals surface area contributed by atoms with Crippen LogP contribution in [-0.2, 0) is 17.6 Å². The molecular weight excluding hydrogens is 255 g/mol. The fourth-order valence-corrected chi connectivity index (χ4v) is 2.38. The minimum absolute atomic E-state index is 0.0949. The number of hydrogen-bond donors (Lipinski definition) is 2. The summed E-state index contributed by atoms with van der Waals surface area (Å²) >= 11 is 0. The molecule has 0 aromatic heterocycles. The number of carbonyl (C=O) groups is 1. The molecule has 102 valence electrons. The first kappa shape index (κ1) is 12.7. The van der Waals surface area contributed by atoms with Crippen molar-refractivity contribution in [2.45, 2.75) is 12.8 Å². The van der Waals surface area contributed by atoms with Crippen molar-refractivity contribution in [3.8, 4) is 0 Å². The maximum absolute atomic E-state index is 12.8. The van der Waals surface area contributed by atoms with Crippen LogP contribution >= 0.6 is 0 Å². The number of anilines is 2. The summed E-state index contributed by atoms with van der Waals surface area (Å²) in [6.07, 6.45) is 1.23. The molecule has 1 aliphatic rings. The van der Waals surface area contributed by atoms with Crippen LogP contribution in [0.5, 0.6) is 0 Å². The molecule has 0 radical (unpaired) electrons. The maximum Gasteiger partial charge on any atom is 0.228 e. The van der Waals surface area contributed by atoms with Crippen molar-refractivity contribution < 1.29 is 9.18 Å². The average molecular weight is 270 g/mol. The highest BCUT2D eigenvalue weighted by atomic mass is 19.1. The van der Waals surface area contributed by atoms with Gasteiger partial charge in [-0.05, 0) is 47.9 Å². The Kier molecular flexibility index (Phi) is 3.37. The van der Waals surface area contributed by atoms with Crippen LogP contribution in [0.25, 0.3) is 0 Å². The van der Waals surface area contributed by atoms with Crippen molar-refractivity contribution in [3.63, 3.8) is 0 Å². The molecule has 0 spiro atoms. The monoisotopic (exact) mass is 270 g/mol. The molecule has 2 aromatic rings. The normalized spacial score (nSPS) is 12.7. The number of carbonyl (C=O) groups excluding carboxylic acids is 1. The van der Waals surface area contributed by atoms with Crippen molar-refractivity contribution in [1.82, 2.24) is 0 Å². The van der Waals surface area contributed by atoms with Crippen molar-refractivity contribution in [2.24, 2.45) is 0 Å². The van der Waals surface area contributed by atoms with Crippen LogP contribution in [0, 0.1) is 5.82 Å². The van der Waals surface area contributed by atoms with Gasteiger partial charge in [0, 0.05) is 17.9 Å². The third-order valence-electron chi connectivity index (χ3n) is 3.38. The maximum atomic E-state index is 12.8. The largest absolute Gasteiger partial charge is 0.384 e. The second kappa shape index (κ2) is 5.33. The second-order valence-corrected chi connectivity index (χ2v) is 4.90. The second-order valence-electron chi connectivity index (χ2n) is 4.90. The van der Waals surface area contributed by atoms with Gasteiger partial charge in [0.2, 0.25) is 5.91 Å². The minimum atomic E-state index is -0.291. The van der Waals surface area contributed by atoms with Crippen LogP contribution in [0.2, 0.25) is 0 Å². The zero-order valence-electron chi connectivity index (χ0n) is 10.9. The summed E-state index contributed by atoms with van der Waals surface area (Å²) in [7, 11) is 0. The van der Waals surface area contributed by atoms with Gasteiger partial charge in [0.1, 0.15) is 5.82 Å². The van der Waals surface area contributed by atoms with Crippen molar-refractivity contribution in [1.29, 1.82) is 0 Å². The summed E-state index contributed by atoms with van der Waals surface area (Å²) in [5, 5.41) is 6.15. The molecule has 2 aromatic carbocycles. The number of nitrogens with one attached hydrogen (secondary N) is 2.